The van der Waals surface area contributed by atoms with E-state index in [0.29, 0.717) is 26.2 Å². The van der Waals surface area contributed by atoms with Crippen LogP contribution in [0.2, 0.25) is 0 Å². The molecule has 148 valence electrons. The molecule has 1 N–H and O–H groups in total. The third-order valence-corrected chi connectivity index (χ3v) is 4.87. The first kappa shape index (κ1) is 19.7. The zero-order chi connectivity index (χ0) is 20.1. The van der Waals surface area contributed by atoms with Crippen molar-refractivity contribution < 1.29 is 19.4 Å². The Morgan fingerprint density at radius 2 is 1.79 bits per heavy atom. The van der Waals surface area contributed by atoms with Crippen LogP contribution in [0.15, 0.2) is 54.6 Å². The summed E-state index contributed by atoms with van der Waals surface area (Å²) in [7, 11) is 0. The molecule has 1 aliphatic rings. The lowest BCUT2D eigenvalue weighted by molar-refractivity contribution is -0.143. The van der Waals surface area contributed by atoms with Crippen LogP contribution in [0.25, 0.3) is 0 Å². The van der Waals surface area contributed by atoms with Crippen molar-refractivity contribution in [3.05, 3.63) is 65.7 Å². The third-order valence-electron chi connectivity index (χ3n) is 4.87. The second-order valence-corrected chi connectivity index (χ2v) is 7.35. The molecule has 2 aromatic carbocycles. The minimum atomic E-state index is -0.957. The van der Waals surface area contributed by atoms with E-state index >= 15 is 0 Å². The predicted molar refractivity (Wildman–Crippen MR) is 106 cm³/mol. The number of ether oxygens (including phenoxy) is 1. The van der Waals surface area contributed by atoms with Crippen LogP contribution in [-0.4, -0.2) is 46.0 Å². The molecular weight excluding hydrogens is 356 g/mol. The molecule has 1 heterocycles. The van der Waals surface area contributed by atoms with Crippen molar-refractivity contribution in [2.45, 2.75) is 33.0 Å². The van der Waals surface area contributed by atoms with Gasteiger partial charge >= 0.3 is 12.0 Å². The fraction of sp³-hybridized carbons (Fsp3) is 0.364. The van der Waals surface area contributed by atoms with Crippen molar-refractivity contribution in [3.8, 4) is 5.75 Å². The maximum Gasteiger partial charge on any atom is 0.326 e. The van der Waals surface area contributed by atoms with Crippen LogP contribution in [0.4, 0.5) is 4.79 Å². The molecule has 0 aromatic heterocycles. The van der Waals surface area contributed by atoms with Crippen molar-refractivity contribution in [1.29, 1.82) is 0 Å². The van der Waals surface area contributed by atoms with Crippen molar-refractivity contribution in [2.24, 2.45) is 5.92 Å². The molecule has 2 amide bonds. The highest BCUT2D eigenvalue weighted by atomic mass is 16.5. The number of urea groups is 1. The summed E-state index contributed by atoms with van der Waals surface area (Å²) in [5.74, 6) is -0.354. The molecule has 0 aliphatic carbocycles. The number of hydrogen-bond acceptors (Lipinski definition) is 3. The van der Waals surface area contributed by atoms with Gasteiger partial charge in [0, 0.05) is 19.6 Å². The Bertz CT molecular complexity index is 822. The minimum Gasteiger partial charge on any atom is -0.489 e. The molecule has 3 rings (SSSR count). The molecule has 2 aromatic rings. The van der Waals surface area contributed by atoms with Crippen molar-refractivity contribution in [3.63, 3.8) is 0 Å². The predicted octanol–water partition coefficient (Wildman–Crippen LogP) is 3.61. The molecular formula is C22H26N2O4. The second kappa shape index (κ2) is 8.78. The summed E-state index contributed by atoms with van der Waals surface area (Å²) in [6, 6.07) is 16.6. The zero-order valence-electron chi connectivity index (χ0n) is 16.2. The summed E-state index contributed by atoms with van der Waals surface area (Å²) >= 11 is 0. The summed E-state index contributed by atoms with van der Waals surface area (Å²) in [5, 5.41) is 9.46. The van der Waals surface area contributed by atoms with Crippen molar-refractivity contribution in [2.75, 3.05) is 13.1 Å². The number of nitrogens with zero attached hydrogens (tertiary/aromatic N) is 2. The molecule has 1 aliphatic heterocycles. The van der Waals surface area contributed by atoms with Gasteiger partial charge in [0.2, 0.25) is 0 Å². The van der Waals surface area contributed by atoms with Gasteiger partial charge in [-0.25, -0.2) is 9.59 Å². The van der Waals surface area contributed by atoms with E-state index in [9.17, 15) is 14.7 Å². The van der Waals surface area contributed by atoms with Crippen LogP contribution >= 0.6 is 0 Å². The van der Waals surface area contributed by atoms with E-state index in [2.05, 4.69) is 0 Å². The fourth-order valence-corrected chi connectivity index (χ4v) is 3.48. The summed E-state index contributed by atoms with van der Waals surface area (Å²) in [6.45, 7) is 5.50. The molecule has 1 atom stereocenters. The summed E-state index contributed by atoms with van der Waals surface area (Å²) in [5.41, 5.74) is 2.05. The van der Waals surface area contributed by atoms with Crippen LogP contribution in [-0.2, 0) is 17.9 Å². The lowest BCUT2D eigenvalue weighted by Crippen LogP contribution is -2.46. The van der Waals surface area contributed by atoms with Crippen LogP contribution in [0.5, 0.6) is 5.75 Å². The Morgan fingerprint density at radius 3 is 2.46 bits per heavy atom. The number of aliphatic carboxylic acids is 1. The Kier molecular flexibility index (Phi) is 6.19. The fourth-order valence-electron chi connectivity index (χ4n) is 3.48. The number of carboxylic acids is 1. The number of amides is 2. The number of carbonyl (C=O) groups is 2. The van der Waals surface area contributed by atoms with Gasteiger partial charge in [-0.2, -0.15) is 0 Å². The summed E-state index contributed by atoms with van der Waals surface area (Å²) < 4.78 is 5.85. The van der Waals surface area contributed by atoms with Gasteiger partial charge < -0.3 is 19.6 Å². The standard InChI is InChI=1S/C22H26N2O4/c1-16(2)20(21(25)26)24-12-11-23(22(24)27)14-18-9-6-10-19(13-18)28-15-17-7-4-3-5-8-17/h3-10,13,16,20H,11-12,14-15H2,1-2H3,(H,25,26)/t20-/m1/s1. The SMILES string of the molecule is CC(C)[C@H](C(=O)O)N1CCN(Cc2cccc(OCc3ccccc3)c2)C1=O. The van der Waals surface area contributed by atoms with E-state index in [-0.39, 0.29) is 11.9 Å². The molecule has 0 radical (unpaired) electrons. The quantitative estimate of drug-likeness (QED) is 0.757. The first-order valence-corrected chi connectivity index (χ1v) is 9.49. The number of hydrogen-bond donors (Lipinski definition) is 1. The second-order valence-electron chi connectivity index (χ2n) is 7.35. The Balaban J connectivity index is 1.62. The summed E-state index contributed by atoms with van der Waals surface area (Å²) in [6.07, 6.45) is 0. The lowest BCUT2D eigenvalue weighted by atomic mass is 10.0. The average Bonchev–Trinajstić information content (AvgIpc) is 3.01. The largest absolute Gasteiger partial charge is 0.489 e. The number of carbonyl (C=O) groups excluding carboxylic acids is 1. The van der Waals surface area contributed by atoms with Gasteiger partial charge in [-0.1, -0.05) is 56.3 Å². The van der Waals surface area contributed by atoms with Crippen LogP contribution in [0, 0.1) is 5.92 Å². The van der Waals surface area contributed by atoms with Crippen LogP contribution < -0.4 is 4.74 Å². The average molecular weight is 382 g/mol. The number of rotatable bonds is 8. The Labute approximate surface area is 165 Å². The van der Waals surface area contributed by atoms with Gasteiger partial charge in [0.05, 0.1) is 0 Å². The van der Waals surface area contributed by atoms with Crippen molar-refractivity contribution in [1.82, 2.24) is 9.80 Å². The maximum absolute atomic E-state index is 12.7. The molecule has 28 heavy (non-hydrogen) atoms. The van der Waals surface area contributed by atoms with Crippen molar-refractivity contribution >= 4 is 12.0 Å². The van der Waals surface area contributed by atoms with Crippen LogP contribution in [0.1, 0.15) is 25.0 Å². The number of benzene rings is 2. The third kappa shape index (κ3) is 4.63. The van der Waals surface area contributed by atoms with E-state index < -0.39 is 12.0 Å². The molecule has 0 spiro atoms. The van der Waals surface area contributed by atoms with Gasteiger partial charge in [0.25, 0.3) is 0 Å². The lowest BCUT2D eigenvalue weighted by Gasteiger charge is -2.27. The molecule has 0 saturated carbocycles. The van der Waals surface area contributed by atoms with Gasteiger partial charge in [0.1, 0.15) is 18.4 Å². The topological polar surface area (TPSA) is 70.1 Å². The first-order valence-electron chi connectivity index (χ1n) is 9.49. The highest BCUT2D eigenvalue weighted by Crippen LogP contribution is 2.22. The molecule has 6 nitrogen and oxygen atoms in total. The molecule has 0 bridgehead atoms. The minimum absolute atomic E-state index is 0.142. The highest BCUT2D eigenvalue weighted by molar-refractivity contribution is 5.84. The van der Waals surface area contributed by atoms with E-state index in [1.54, 1.807) is 4.90 Å². The molecule has 6 heteroatoms. The summed E-state index contributed by atoms with van der Waals surface area (Å²) in [4.78, 5) is 27.4. The monoisotopic (exact) mass is 382 g/mol. The molecule has 0 unspecified atom stereocenters. The van der Waals surface area contributed by atoms with E-state index in [1.807, 2.05) is 68.4 Å². The Hall–Kier alpha value is -3.02. The van der Waals surface area contributed by atoms with E-state index in [1.165, 1.54) is 4.90 Å². The van der Waals surface area contributed by atoms with Gasteiger partial charge in [-0.15, -0.1) is 0 Å². The van der Waals surface area contributed by atoms with Crippen LogP contribution in [0.3, 0.4) is 0 Å². The van der Waals surface area contributed by atoms with Gasteiger partial charge in [-0.05, 0) is 29.2 Å². The van der Waals surface area contributed by atoms with Gasteiger partial charge in [-0.3, -0.25) is 0 Å². The van der Waals surface area contributed by atoms with E-state index in [0.717, 1.165) is 16.9 Å². The first-order chi connectivity index (χ1) is 13.5. The van der Waals surface area contributed by atoms with E-state index in [4.69, 9.17) is 4.74 Å². The molecule has 1 saturated heterocycles. The number of carboxylic acid groups (broad SMARTS) is 1. The zero-order valence-corrected chi connectivity index (χ0v) is 16.2. The smallest absolute Gasteiger partial charge is 0.326 e. The maximum atomic E-state index is 12.7. The highest BCUT2D eigenvalue weighted by Gasteiger charge is 2.38. The normalized spacial score (nSPS) is 15.2. The molecule has 1 fully saturated rings. The van der Waals surface area contributed by atoms with Gasteiger partial charge in [0.15, 0.2) is 0 Å². The Morgan fingerprint density at radius 1 is 1.07 bits per heavy atom.